The topological polar surface area (TPSA) is 108 Å². The van der Waals surface area contributed by atoms with E-state index in [1.54, 1.807) is 38.3 Å². The van der Waals surface area contributed by atoms with Crippen molar-refractivity contribution >= 4 is 25.9 Å². The quantitative estimate of drug-likeness (QED) is 0.467. The lowest BCUT2D eigenvalue weighted by molar-refractivity contribution is 0.310. The van der Waals surface area contributed by atoms with Crippen LogP contribution in [0.3, 0.4) is 0 Å². The molecule has 2 atom stereocenters. The number of hydrogen-bond donors (Lipinski definition) is 2. The molecule has 0 amide bonds. The highest BCUT2D eigenvalue weighted by Crippen LogP contribution is 2.30. The number of nitrogens with one attached hydrogen (secondary N) is 2. The van der Waals surface area contributed by atoms with Crippen molar-refractivity contribution in [3.8, 4) is 5.75 Å². The van der Waals surface area contributed by atoms with Gasteiger partial charge in [-0.25, -0.2) is 17.9 Å². The molecule has 3 rings (SSSR count). The zero-order chi connectivity index (χ0) is 25.6. The lowest BCUT2D eigenvalue weighted by atomic mass is 9.91. The highest BCUT2D eigenvalue weighted by molar-refractivity contribution is 7.89. The molecule has 1 aliphatic heterocycles. The molecule has 0 radical (unpaired) electrons. The molecule has 1 saturated heterocycles. The van der Waals surface area contributed by atoms with Gasteiger partial charge >= 0.3 is 0 Å². The van der Waals surface area contributed by atoms with Crippen molar-refractivity contribution in [2.24, 2.45) is 5.92 Å². The fourth-order valence-electron chi connectivity index (χ4n) is 4.00. The monoisotopic (exact) mass is 524 g/mol. The summed E-state index contributed by atoms with van der Waals surface area (Å²) in [5.74, 6) is 0.614. The maximum atomic E-state index is 12.9. The lowest BCUT2D eigenvalue weighted by Crippen LogP contribution is -2.47. The molecule has 1 fully saturated rings. The molecule has 0 bridgehead atoms. The average molecular weight is 525 g/mol. The number of methoxy groups -OCH3 is 1. The van der Waals surface area contributed by atoms with E-state index in [1.165, 1.54) is 4.31 Å². The van der Waals surface area contributed by atoms with Crippen LogP contribution in [0.5, 0.6) is 5.75 Å². The fraction of sp³-hybridized carbons (Fsp3) is 0.500. The number of piperidine rings is 1. The maximum Gasteiger partial charge on any atom is 0.279 e. The maximum absolute atomic E-state index is 12.9. The van der Waals surface area contributed by atoms with Crippen LogP contribution in [0, 0.1) is 5.92 Å². The Bertz CT molecular complexity index is 1180. The Hall–Kier alpha value is -2.18. The first-order valence-electron chi connectivity index (χ1n) is 11.7. The van der Waals surface area contributed by atoms with Gasteiger partial charge in [-0.1, -0.05) is 19.1 Å². The number of nitrogens with zero attached hydrogens (tertiary/aromatic N) is 2. The summed E-state index contributed by atoms with van der Waals surface area (Å²) in [7, 11) is -1.99. The number of rotatable bonds is 11. The summed E-state index contributed by atoms with van der Waals surface area (Å²) in [6.45, 7) is 2.90. The standard InChI is InChI=1S/C24H36N4O5S2/c1-19(16-25-34(29,30)24-12-10-22(11-13-24)27(2)3)17-26-35(31,32)28-14-6-8-21(18-28)20-7-5-9-23(15-20)33-4/h5,7,9-13,15,19,21,25-26H,6,8,14,16-18H2,1-4H3/t19-,21+/m0/s1. The van der Waals surface area contributed by atoms with E-state index in [4.69, 9.17) is 4.74 Å². The van der Waals surface area contributed by atoms with Crippen LogP contribution in [0.25, 0.3) is 0 Å². The third kappa shape index (κ3) is 7.40. The molecule has 0 aliphatic carbocycles. The van der Waals surface area contributed by atoms with Crippen LogP contribution in [-0.4, -0.2) is 68.5 Å². The largest absolute Gasteiger partial charge is 0.497 e. The van der Waals surface area contributed by atoms with E-state index < -0.39 is 20.2 Å². The summed E-state index contributed by atoms with van der Waals surface area (Å²) in [5, 5.41) is 0. The first-order valence-corrected chi connectivity index (χ1v) is 14.6. The minimum absolute atomic E-state index is 0.0959. The molecule has 0 unspecified atom stereocenters. The van der Waals surface area contributed by atoms with Gasteiger partial charge in [0.05, 0.1) is 12.0 Å². The zero-order valence-electron chi connectivity index (χ0n) is 20.8. The zero-order valence-corrected chi connectivity index (χ0v) is 22.4. The lowest BCUT2D eigenvalue weighted by Gasteiger charge is -2.32. The van der Waals surface area contributed by atoms with Gasteiger partial charge in [0.15, 0.2) is 0 Å². The third-order valence-electron chi connectivity index (χ3n) is 6.19. The first-order chi connectivity index (χ1) is 16.5. The average Bonchev–Trinajstić information content (AvgIpc) is 2.86. The van der Waals surface area contributed by atoms with E-state index in [0.29, 0.717) is 13.1 Å². The Morgan fingerprint density at radius 2 is 1.74 bits per heavy atom. The van der Waals surface area contributed by atoms with Crippen LogP contribution in [0.2, 0.25) is 0 Å². The van der Waals surface area contributed by atoms with Crippen molar-refractivity contribution in [3.63, 3.8) is 0 Å². The molecule has 2 N–H and O–H groups in total. The second kappa shape index (κ2) is 11.7. The van der Waals surface area contributed by atoms with Crippen LogP contribution in [0.4, 0.5) is 5.69 Å². The number of ether oxygens (including phenoxy) is 1. The summed E-state index contributed by atoms with van der Waals surface area (Å²) in [5.41, 5.74) is 1.96. The molecule has 0 aromatic heterocycles. The molecule has 1 aliphatic rings. The van der Waals surface area contributed by atoms with Gasteiger partial charge in [-0.05, 0) is 66.6 Å². The number of sulfonamides is 1. The summed E-state index contributed by atoms with van der Waals surface area (Å²) in [6.07, 6.45) is 1.68. The second-order valence-corrected chi connectivity index (χ2v) is 12.7. The molecule has 194 valence electrons. The summed E-state index contributed by atoms with van der Waals surface area (Å²) < 4.78 is 63.1. The number of benzene rings is 2. The number of anilines is 1. The van der Waals surface area contributed by atoms with Crippen molar-refractivity contribution in [2.45, 2.75) is 30.6 Å². The van der Waals surface area contributed by atoms with Crippen molar-refractivity contribution in [1.82, 2.24) is 13.7 Å². The molecular formula is C24H36N4O5S2. The number of hydrogen-bond acceptors (Lipinski definition) is 6. The highest BCUT2D eigenvalue weighted by Gasteiger charge is 2.30. The van der Waals surface area contributed by atoms with Crippen LogP contribution >= 0.6 is 0 Å². The first kappa shape index (κ1) is 27.4. The molecule has 0 spiro atoms. The molecule has 2 aromatic rings. The van der Waals surface area contributed by atoms with Crippen molar-refractivity contribution < 1.29 is 21.6 Å². The molecule has 2 aromatic carbocycles. The van der Waals surface area contributed by atoms with Gasteiger partial charge in [-0.2, -0.15) is 12.7 Å². The van der Waals surface area contributed by atoms with Gasteiger partial charge in [0.2, 0.25) is 10.0 Å². The summed E-state index contributed by atoms with van der Waals surface area (Å²) >= 11 is 0. The Balaban J connectivity index is 1.53. The van der Waals surface area contributed by atoms with Gasteiger partial charge in [-0.15, -0.1) is 0 Å². The second-order valence-electron chi connectivity index (χ2n) is 9.17. The van der Waals surface area contributed by atoms with Gasteiger partial charge in [0.1, 0.15) is 5.75 Å². The van der Waals surface area contributed by atoms with Crippen LogP contribution in [0.15, 0.2) is 53.4 Å². The fourth-order valence-corrected chi connectivity index (χ4v) is 6.59. The molecule has 0 saturated carbocycles. The Labute approximate surface area is 209 Å². The minimum atomic E-state index is -3.68. The van der Waals surface area contributed by atoms with E-state index in [1.807, 2.05) is 43.3 Å². The van der Waals surface area contributed by atoms with Crippen molar-refractivity contribution in [3.05, 3.63) is 54.1 Å². The Morgan fingerprint density at radius 3 is 2.40 bits per heavy atom. The highest BCUT2D eigenvalue weighted by atomic mass is 32.2. The summed E-state index contributed by atoms with van der Waals surface area (Å²) in [4.78, 5) is 2.06. The smallest absolute Gasteiger partial charge is 0.279 e. The van der Waals surface area contributed by atoms with Crippen molar-refractivity contribution in [2.75, 3.05) is 52.3 Å². The minimum Gasteiger partial charge on any atom is -0.497 e. The van der Waals surface area contributed by atoms with E-state index in [0.717, 1.165) is 29.8 Å². The summed E-state index contributed by atoms with van der Waals surface area (Å²) in [6, 6.07) is 14.3. The third-order valence-corrected chi connectivity index (χ3v) is 9.17. The Kier molecular flexibility index (Phi) is 9.16. The predicted molar refractivity (Wildman–Crippen MR) is 139 cm³/mol. The molecule has 11 heteroatoms. The van der Waals surface area contributed by atoms with Crippen LogP contribution in [0.1, 0.15) is 31.2 Å². The van der Waals surface area contributed by atoms with E-state index >= 15 is 0 Å². The molecule has 35 heavy (non-hydrogen) atoms. The van der Waals surface area contributed by atoms with Crippen LogP contribution in [-0.2, 0) is 20.2 Å². The normalized spacial score (nSPS) is 18.2. The SMILES string of the molecule is COc1cccc([C@@H]2CCCN(S(=O)(=O)NC[C@@H](C)CNS(=O)(=O)c3ccc(N(C)C)cc3)C2)c1. The van der Waals surface area contributed by atoms with Gasteiger partial charge < -0.3 is 9.64 Å². The Morgan fingerprint density at radius 1 is 1.06 bits per heavy atom. The van der Waals surface area contributed by atoms with Crippen LogP contribution < -0.4 is 19.1 Å². The molecule has 9 nitrogen and oxygen atoms in total. The van der Waals surface area contributed by atoms with Gasteiger partial charge in [-0.3, -0.25) is 0 Å². The predicted octanol–water partition coefficient (Wildman–Crippen LogP) is 2.39. The van der Waals surface area contributed by atoms with Gasteiger partial charge in [0.25, 0.3) is 10.2 Å². The van der Waals surface area contributed by atoms with Gasteiger partial charge in [0, 0.05) is 46.0 Å². The van der Waals surface area contributed by atoms with Crippen molar-refractivity contribution in [1.29, 1.82) is 0 Å². The van der Waals surface area contributed by atoms with E-state index in [9.17, 15) is 16.8 Å². The molecular weight excluding hydrogens is 488 g/mol. The van der Waals surface area contributed by atoms with E-state index in [2.05, 4.69) is 9.44 Å². The molecule has 1 heterocycles. The van der Waals surface area contributed by atoms with E-state index in [-0.39, 0.29) is 29.8 Å².